The van der Waals surface area contributed by atoms with E-state index in [2.05, 4.69) is 26.2 Å². The summed E-state index contributed by atoms with van der Waals surface area (Å²) in [6.07, 6.45) is 2.62. The number of rotatable bonds is 4. The van der Waals surface area contributed by atoms with Crippen molar-refractivity contribution in [3.8, 4) is 0 Å². The van der Waals surface area contributed by atoms with Gasteiger partial charge in [0, 0.05) is 27.7 Å². The molecule has 0 radical (unpaired) electrons. The number of halogens is 2. The monoisotopic (exact) mass is 362 g/mol. The zero-order valence-corrected chi connectivity index (χ0v) is 13.4. The van der Waals surface area contributed by atoms with Gasteiger partial charge in [-0.3, -0.25) is 0 Å². The molecule has 0 unspecified atom stereocenters. The Morgan fingerprint density at radius 2 is 1.76 bits per heavy atom. The van der Waals surface area contributed by atoms with Crippen molar-refractivity contribution in [2.24, 2.45) is 0 Å². The molecule has 1 aromatic heterocycles. The summed E-state index contributed by atoms with van der Waals surface area (Å²) in [5.41, 5.74) is 2.08. The highest BCUT2D eigenvalue weighted by Gasteiger charge is 2.04. The average Bonchev–Trinajstić information content (AvgIpc) is 2.91. The summed E-state index contributed by atoms with van der Waals surface area (Å²) in [5.74, 6) is -0.208. The standard InChI is InChI=1S/C16H12BrFN2S/c17-12-3-7-14(8-4-12)20-16-19-10-15(21-16)9-11-1-5-13(18)6-2-11/h1-8,10H,9H2,(H,19,20). The van der Waals surface area contributed by atoms with Crippen molar-refractivity contribution in [3.63, 3.8) is 0 Å². The lowest BCUT2D eigenvalue weighted by Gasteiger charge is -2.01. The van der Waals surface area contributed by atoms with Crippen molar-refractivity contribution in [2.75, 3.05) is 5.32 Å². The Kier molecular flexibility index (Phi) is 4.31. The van der Waals surface area contributed by atoms with Gasteiger partial charge in [-0.15, -0.1) is 11.3 Å². The first-order valence-corrected chi connectivity index (χ1v) is 8.02. The molecule has 106 valence electrons. The van der Waals surface area contributed by atoms with Crippen LogP contribution in [0.25, 0.3) is 0 Å². The molecular formula is C16H12BrFN2S. The van der Waals surface area contributed by atoms with Gasteiger partial charge in [0.1, 0.15) is 5.82 Å². The number of anilines is 2. The van der Waals surface area contributed by atoms with E-state index < -0.39 is 0 Å². The van der Waals surface area contributed by atoms with Crippen LogP contribution in [0.5, 0.6) is 0 Å². The van der Waals surface area contributed by atoms with Crippen molar-refractivity contribution in [2.45, 2.75) is 6.42 Å². The average molecular weight is 363 g/mol. The smallest absolute Gasteiger partial charge is 0.187 e. The number of aromatic nitrogens is 1. The molecule has 0 aliphatic rings. The van der Waals surface area contributed by atoms with Crippen LogP contribution in [0.15, 0.2) is 59.2 Å². The molecule has 0 spiro atoms. The summed E-state index contributed by atoms with van der Waals surface area (Å²) >= 11 is 5.01. The van der Waals surface area contributed by atoms with Gasteiger partial charge in [-0.05, 0) is 42.0 Å². The lowest BCUT2D eigenvalue weighted by Crippen LogP contribution is -1.87. The van der Waals surface area contributed by atoms with Gasteiger partial charge in [0.25, 0.3) is 0 Å². The minimum atomic E-state index is -0.208. The van der Waals surface area contributed by atoms with Crippen LogP contribution >= 0.6 is 27.3 Å². The third-order valence-electron chi connectivity index (χ3n) is 2.94. The summed E-state index contributed by atoms with van der Waals surface area (Å²) < 4.78 is 13.9. The van der Waals surface area contributed by atoms with E-state index in [1.54, 1.807) is 23.5 Å². The van der Waals surface area contributed by atoms with Crippen molar-refractivity contribution in [1.82, 2.24) is 4.98 Å². The summed E-state index contributed by atoms with van der Waals surface area (Å²) in [7, 11) is 0. The third-order valence-corrected chi connectivity index (χ3v) is 4.38. The minimum absolute atomic E-state index is 0.208. The van der Waals surface area contributed by atoms with Gasteiger partial charge in [-0.1, -0.05) is 28.1 Å². The second-order valence-electron chi connectivity index (χ2n) is 4.57. The quantitative estimate of drug-likeness (QED) is 0.673. The second kappa shape index (κ2) is 6.37. The van der Waals surface area contributed by atoms with E-state index >= 15 is 0 Å². The Morgan fingerprint density at radius 3 is 2.48 bits per heavy atom. The maximum atomic E-state index is 12.9. The molecular weight excluding hydrogens is 351 g/mol. The first kappa shape index (κ1) is 14.2. The van der Waals surface area contributed by atoms with Crippen molar-refractivity contribution >= 4 is 38.1 Å². The molecule has 0 aliphatic carbocycles. The number of nitrogens with one attached hydrogen (secondary N) is 1. The van der Waals surface area contributed by atoms with Gasteiger partial charge in [0.2, 0.25) is 0 Å². The van der Waals surface area contributed by atoms with Gasteiger partial charge < -0.3 is 5.32 Å². The topological polar surface area (TPSA) is 24.9 Å². The van der Waals surface area contributed by atoms with Crippen LogP contribution in [0.1, 0.15) is 10.4 Å². The molecule has 1 N–H and O–H groups in total. The number of benzene rings is 2. The van der Waals surface area contributed by atoms with Crippen molar-refractivity contribution in [3.05, 3.63) is 75.5 Å². The fourth-order valence-electron chi connectivity index (χ4n) is 1.91. The van der Waals surface area contributed by atoms with E-state index in [1.807, 2.05) is 30.5 Å². The second-order valence-corrected chi connectivity index (χ2v) is 6.60. The zero-order valence-electron chi connectivity index (χ0n) is 11.0. The van der Waals surface area contributed by atoms with E-state index in [4.69, 9.17) is 0 Å². The molecule has 5 heteroatoms. The molecule has 0 bridgehead atoms. The first-order valence-electron chi connectivity index (χ1n) is 6.41. The van der Waals surface area contributed by atoms with Crippen LogP contribution in [-0.2, 0) is 6.42 Å². The van der Waals surface area contributed by atoms with Crippen molar-refractivity contribution in [1.29, 1.82) is 0 Å². The Morgan fingerprint density at radius 1 is 1.05 bits per heavy atom. The number of nitrogens with zero attached hydrogens (tertiary/aromatic N) is 1. The normalized spacial score (nSPS) is 10.6. The Balaban J connectivity index is 1.68. The highest BCUT2D eigenvalue weighted by Crippen LogP contribution is 2.25. The first-order chi connectivity index (χ1) is 10.2. The Hall–Kier alpha value is -1.72. The SMILES string of the molecule is Fc1ccc(Cc2cnc(Nc3ccc(Br)cc3)s2)cc1. The molecule has 3 rings (SSSR count). The van der Waals surface area contributed by atoms with E-state index in [-0.39, 0.29) is 5.82 Å². The van der Waals surface area contributed by atoms with Gasteiger partial charge in [-0.2, -0.15) is 0 Å². The molecule has 2 nitrogen and oxygen atoms in total. The lowest BCUT2D eigenvalue weighted by atomic mass is 10.1. The summed E-state index contributed by atoms with van der Waals surface area (Å²) in [4.78, 5) is 5.51. The molecule has 21 heavy (non-hydrogen) atoms. The fourth-order valence-corrected chi connectivity index (χ4v) is 3.04. The third kappa shape index (κ3) is 3.89. The Bertz CT molecular complexity index is 661. The molecule has 0 aliphatic heterocycles. The van der Waals surface area contributed by atoms with E-state index in [0.29, 0.717) is 0 Å². The molecule has 0 fully saturated rings. The maximum Gasteiger partial charge on any atom is 0.187 e. The molecule has 0 saturated carbocycles. The van der Waals surface area contributed by atoms with Crippen LogP contribution in [-0.4, -0.2) is 4.98 Å². The highest BCUT2D eigenvalue weighted by molar-refractivity contribution is 9.10. The zero-order chi connectivity index (χ0) is 14.7. The highest BCUT2D eigenvalue weighted by atomic mass is 79.9. The molecule has 1 heterocycles. The molecule has 0 saturated heterocycles. The van der Waals surface area contributed by atoms with Crippen LogP contribution in [0.4, 0.5) is 15.2 Å². The predicted octanol–water partition coefficient (Wildman–Crippen LogP) is 5.38. The van der Waals surface area contributed by atoms with Gasteiger partial charge in [-0.25, -0.2) is 9.37 Å². The lowest BCUT2D eigenvalue weighted by molar-refractivity contribution is 0.627. The number of hydrogen-bond donors (Lipinski definition) is 1. The molecule has 0 atom stereocenters. The van der Waals surface area contributed by atoms with E-state index in [9.17, 15) is 4.39 Å². The Labute approximate surface area is 134 Å². The van der Waals surface area contributed by atoms with E-state index in [0.717, 1.165) is 32.2 Å². The van der Waals surface area contributed by atoms with Gasteiger partial charge in [0.05, 0.1) is 0 Å². The van der Waals surface area contributed by atoms with Gasteiger partial charge in [0.15, 0.2) is 5.13 Å². The van der Waals surface area contributed by atoms with E-state index in [1.165, 1.54) is 12.1 Å². The number of hydrogen-bond acceptors (Lipinski definition) is 3. The predicted molar refractivity (Wildman–Crippen MR) is 88.7 cm³/mol. The largest absolute Gasteiger partial charge is 0.332 e. The minimum Gasteiger partial charge on any atom is -0.332 e. The molecule has 2 aromatic carbocycles. The van der Waals surface area contributed by atoms with Crippen LogP contribution < -0.4 is 5.32 Å². The fraction of sp³-hybridized carbons (Fsp3) is 0.0625. The van der Waals surface area contributed by atoms with Crippen LogP contribution in [0, 0.1) is 5.82 Å². The van der Waals surface area contributed by atoms with Crippen LogP contribution in [0.3, 0.4) is 0 Å². The summed E-state index contributed by atoms with van der Waals surface area (Å²) in [6, 6.07) is 14.5. The van der Waals surface area contributed by atoms with Gasteiger partial charge >= 0.3 is 0 Å². The summed E-state index contributed by atoms with van der Waals surface area (Å²) in [6.45, 7) is 0. The number of thiazole rings is 1. The van der Waals surface area contributed by atoms with Crippen LogP contribution in [0.2, 0.25) is 0 Å². The molecule has 3 aromatic rings. The molecule has 0 amide bonds. The summed E-state index contributed by atoms with van der Waals surface area (Å²) in [5, 5.41) is 4.13. The maximum absolute atomic E-state index is 12.9. The van der Waals surface area contributed by atoms with Crippen molar-refractivity contribution < 1.29 is 4.39 Å².